The summed E-state index contributed by atoms with van der Waals surface area (Å²) in [5.41, 5.74) is 3.42. The van der Waals surface area contributed by atoms with E-state index >= 15 is 0 Å². The zero-order chi connectivity index (χ0) is 16.4. The maximum absolute atomic E-state index is 14.1. The number of rotatable bonds is 3. The van der Waals surface area contributed by atoms with Crippen molar-refractivity contribution in [3.05, 3.63) is 76.9 Å². The van der Waals surface area contributed by atoms with Crippen molar-refractivity contribution < 1.29 is 8.78 Å². The Bertz CT molecular complexity index is 725. The molecule has 2 aliphatic rings. The van der Waals surface area contributed by atoms with Gasteiger partial charge in [-0.1, -0.05) is 24.3 Å². The van der Waals surface area contributed by atoms with E-state index in [4.69, 9.17) is 0 Å². The van der Waals surface area contributed by atoms with E-state index in [1.807, 2.05) is 17.1 Å². The molecular weight excluding hydrogens is 292 g/mol. The summed E-state index contributed by atoms with van der Waals surface area (Å²) in [4.78, 5) is 1.88. The van der Waals surface area contributed by atoms with Gasteiger partial charge < -0.3 is 4.90 Å². The molecule has 23 heavy (non-hydrogen) atoms. The van der Waals surface area contributed by atoms with Gasteiger partial charge in [-0.15, -0.1) is 0 Å². The largest absolute Gasteiger partial charge is 0.307 e. The fraction of sp³-hybridized carbons (Fsp3) is 0.300. The van der Waals surface area contributed by atoms with Gasteiger partial charge in [-0.25, -0.2) is 8.78 Å². The van der Waals surface area contributed by atoms with Crippen LogP contribution in [-0.2, 0) is 0 Å². The molecule has 0 amide bonds. The van der Waals surface area contributed by atoms with Gasteiger partial charge in [0.05, 0.1) is 5.69 Å². The van der Waals surface area contributed by atoms with Crippen LogP contribution in [0.4, 0.5) is 14.5 Å². The maximum atomic E-state index is 14.1. The highest BCUT2D eigenvalue weighted by atomic mass is 19.1. The lowest BCUT2D eigenvalue weighted by Gasteiger charge is -2.31. The zero-order valence-electron chi connectivity index (χ0n) is 13.4. The van der Waals surface area contributed by atoms with Crippen LogP contribution in [0.15, 0.2) is 53.4 Å². The standard InChI is InChI=1S/C20H19F2N/c1-14-8-10-17(12-19(14)21)23(16-6-4-3-5-7-16)18-11-9-15(2)20(22)13-18/h4,6-8,10,13,19H,3,5,12H2,1-2H3. The van der Waals surface area contributed by atoms with Gasteiger partial charge in [0.15, 0.2) is 0 Å². The smallest absolute Gasteiger partial charge is 0.137 e. The van der Waals surface area contributed by atoms with Crippen LogP contribution in [0.2, 0.25) is 0 Å². The summed E-state index contributed by atoms with van der Waals surface area (Å²) >= 11 is 0. The van der Waals surface area contributed by atoms with Gasteiger partial charge in [-0.05, 0) is 50.5 Å². The van der Waals surface area contributed by atoms with Gasteiger partial charge in [0.1, 0.15) is 12.0 Å². The molecule has 1 nitrogen and oxygen atoms in total. The highest BCUT2D eigenvalue weighted by Gasteiger charge is 2.23. The molecule has 1 aromatic carbocycles. The summed E-state index contributed by atoms with van der Waals surface area (Å²) in [7, 11) is 0. The number of halogens is 2. The molecule has 0 saturated heterocycles. The normalized spacial score (nSPS) is 20.3. The summed E-state index contributed by atoms with van der Waals surface area (Å²) in [6, 6.07) is 7.26. The Morgan fingerprint density at radius 3 is 2.65 bits per heavy atom. The van der Waals surface area contributed by atoms with E-state index in [1.165, 1.54) is 6.07 Å². The molecule has 1 atom stereocenters. The van der Waals surface area contributed by atoms with Crippen LogP contribution < -0.4 is 4.90 Å². The molecular formula is C20H19F2N. The molecule has 0 aliphatic heterocycles. The molecule has 0 radical (unpaired) electrons. The average Bonchev–Trinajstić information content (AvgIpc) is 2.55. The topological polar surface area (TPSA) is 3.24 Å². The van der Waals surface area contributed by atoms with E-state index in [0.717, 1.165) is 24.2 Å². The molecule has 0 N–H and O–H groups in total. The Labute approximate surface area is 136 Å². The summed E-state index contributed by atoms with van der Waals surface area (Å²) in [5, 5.41) is 0. The van der Waals surface area contributed by atoms with Crippen LogP contribution in [0.5, 0.6) is 0 Å². The Morgan fingerprint density at radius 2 is 2.00 bits per heavy atom. The molecule has 0 fully saturated rings. The van der Waals surface area contributed by atoms with Gasteiger partial charge in [0, 0.05) is 29.4 Å². The number of hydrogen-bond acceptors (Lipinski definition) is 1. The van der Waals surface area contributed by atoms with Crippen LogP contribution in [0.25, 0.3) is 0 Å². The van der Waals surface area contributed by atoms with Crippen molar-refractivity contribution in [2.24, 2.45) is 0 Å². The Hall–Kier alpha value is -2.34. The van der Waals surface area contributed by atoms with E-state index in [0.29, 0.717) is 16.8 Å². The van der Waals surface area contributed by atoms with Gasteiger partial charge in [-0.3, -0.25) is 0 Å². The lowest BCUT2D eigenvalue weighted by Crippen LogP contribution is -2.25. The average molecular weight is 311 g/mol. The minimum absolute atomic E-state index is 0.275. The molecule has 0 aromatic heterocycles. The number of nitrogens with zero attached hydrogens (tertiary/aromatic N) is 1. The SMILES string of the molecule is CC1=CC=C(N(C2=CCCC=C2)c2c#cc(C)c(F)c2)CC1F. The van der Waals surface area contributed by atoms with Gasteiger partial charge in [0.25, 0.3) is 0 Å². The predicted octanol–water partition coefficient (Wildman–Crippen LogP) is 5.35. The van der Waals surface area contributed by atoms with E-state index in [2.05, 4.69) is 24.3 Å². The molecule has 1 aromatic rings. The quantitative estimate of drug-likeness (QED) is 0.727. The van der Waals surface area contributed by atoms with E-state index in [-0.39, 0.29) is 12.2 Å². The van der Waals surface area contributed by atoms with Crippen molar-refractivity contribution in [2.45, 2.75) is 39.3 Å². The molecule has 0 spiro atoms. The lowest BCUT2D eigenvalue weighted by molar-refractivity contribution is 0.374. The summed E-state index contributed by atoms with van der Waals surface area (Å²) in [6.45, 7) is 3.44. The van der Waals surface area contributed by atoms with Crippen molar-refractivity contribution in [1.29, 1.82) is 0 Å². The second-order valence-corrected chi connectivity index (χ2v) is 5.94. The third kappa shape index (κ3) is 3.22. The van der Waals surface area contributed by atoms with Gasteiger partial charge in [-0.2, -0.15) is 0 Å². The third-order valence-corrected chi connectivity index (χ3v) is 4.18. The number of alkyl halides is 1. The summed E-state index contributed by atoms with van der Waals surface area (Å²) in [5.74, 6) is -0.330. The first-order valence-corrected chi connectivity index (χ1v) is 7.84. The minimum Gasteiger partial charge on any atom is -0.307 e. The van der Waals surface area contributed by atoms with Crippen molar-refractivity contribution in [2.75, 3.05) is 4.90 Å². The van der Waals surface area contributed by atoms with Gasteiger partial charge in [0.2, 0.25) is 0 Å². The lowest BCUT2D eigenvalue weighted by atomic mass is 9.99. The van der Waals surface area contributed by atoms with E-state index in [1.54, 1.807) is 19.9 Å². The molecule has 1 unspecified atom stereocenters. The Balaban J connectivity index is 2.05. The maximum Gasteiger partial charge on any atom is 0.137 e. The first-order chi connectivity index (χ1) is 11.1. The van der Waals surface area contributed by atoms with E-state index < -0.39 is 6.17 Å². The number of hydrogen-bond donors (Lipinski definition) is 0. The molecule has 3 rings (SSSR count). The highest BCUT2D eigenvalue weighted by molar-refractivity contribution is 5.60. The molecule has 0 bridgehead atoms. The molecule has 118 valence electrons. The van der Waals surface area contributed by atoms with Crippen LogP contribution in [0, 0.1) is 24.9 Å². The number of anilines is 1. The van der Waals surface area contributed by atoms with Crippen molar-refractivity contribution >= 4 is 5.69 Å². The van der Waals surface area contributed by atoms with Crippen molar-refractivity contribution in [1.82, 2.24) is 0 Å². The second kappa shape index (κ2) is 6.42. The highest BCUT2D eigenvalue weighted by Crippen LogP contribution is 2.32. The Morgan fingerprint density at radius 1 is 1.17 bits per heavy atom. The van der Waals surface area contributed by atoms with Gasteiger partial charge >= 0.3 is 0 Å². The predicted molar refractivity (Wildman–Crippen MR) is 89.1 cm³/mol. The van der Waals surface area contributed by atoms with E-state index in [9.17, 15) is 8.78 Å². The monoisotopic (exact) mass is 311 g/mol. The number of allylic oxidation sites excluding steroid dienone is 7. The molecule has 0 saturated carbocycles. The van der Waals surface area contributed by atoms with Crippen LogP contribution in [0.3, 0.4) is 0 Å². The first-order valence-electron chi connectivity index (χ1n) is 7.84. The van der Waals surface area contributed by atoms with Crippen LogP contribution in [0.1, 0.15) is 31.7 Å². The Kier molecular flexibility index (Phi) is 4.34. The van der Waals surface area contributed by atoms with Crippen molar-refractivity contribution in [3.63, 3.8) is 0 Å². The summed E-state index contributed by atoms with van der Waals surface area (Å²) < 4.78 is 28.1. The minimum atomic E-state index is -1.01. The fourth-order valence-corrected chi connectivity index (χ4v) is 2.74. The fourth-order valence-electron chi connectivity index (χ4n) is 2.74. The van der Waals surface area contributed by atoms with Crippen LogP contribution in [-0.4, -0.2) is 6.17 Å². The summed E-state index contributed by atoms with van der Waals surface area (Å²) in [6.07, 6.45) is 11.0. The van der Waals surface area contributed by atoms with Crippen LogP contribution >= 0.6 is 0 Å². The second-order valence-electron chi connectivity index (χ2n) is 5.94. The molecule has 3 heteroatoms. The molecule has 2 aliphatic carbocycles. The van der Waals surface area contributed by atoms with Crippen molar-refractivity contribution in [3.8, 4) is 0 Å². The first kappa shape index (κ1) is 15.6. The zero-order valence-corrected chi connectivity index (χ0v) is 13.4. The third-order valence-electron chi connectivity index (χ3n) is 4.18. The molecule has 0 heterocycles.